The van der Waals surface area contributed by atoms with Gasteiger partial charge >= 0.3 is 0 Å². The van der Waals surface area contributed by atoms with Gasteiger partial charge in [0.2, 0.25) is 0 Å². The number of hydrogen-bond donors (Lipinski definition) is 2. The van der Waals surface area contributed by atoms with Crippen LogP contribution >= 0.6 is 0 Å². The summed E-state index contributed by atoms with van der Waals surface area (Å²) in [5, 5.41) is 12.8. The molecule has 14 heavy (non-hydrogen) atoms. The van der Waals surface area contributed by atoms with Crippen LogP contribution in [0.4, 0.5) is 0 Å². The van der Waals surface area contributed by atoms with Crippen LogP contribution in [0, 0.1) is 0 Å². The van der Waals surface area contributed by atoms with Gasteiger partial charge < -0.3 is 19.9 Å². The van der Waals surface area contributed by atoms with E-state index >= 15 is 0 Å². The maximum atomic E-state index is 9.46. The molecule has 0 spiro atoms. The van der Waals surface area contributed by atoms with Crippen molar-refractivity contribution in [3.8, 4) is 0 Å². The zero-order valence-electron chi connectivity index (χ0n) is 8.45. The van der Waals surface area contributed by atoms with E-state index in [9.17, 15) is 5.11 Å². The second kappa shape index (κ2) is 5.07. The molecule has 3 unspecified atom stereocenters. The molecule has 2 saturated heterocycles. The van der Waals surface area contributed by atoms with Crippen molar-refractivity contribution in [2.24, 2.45) is 0 Å². The zero-order chi connectivity index (χ0) is 9.80. The summed E-state index contributed by atoms with van der Waals surface area (Å²) < 4.78 is 10.7. The summed E-state index contributed by atoms with van der Waals surface area (Å²) in [5.74, 6) is 0. The predicted molar refractivity (Wildman–Crippen MR) is 52.2 cm³/mol. The van der Waals surface area contributed by atoms with E-state index in [1.165, 1.54) is 12.8 Å². The third-order valence-corrected chi connectivity index (χ3v) is 2.95. The number of aliphatic hydroxyl groups excluding tert-OH is 1. The lowest BCUT2D eigenvalue weighted by Crippen LogP contribution is -2.40. The second-order valence-corrected chi connectivity index (χ2v) is 4.09. The van der Waals surface area contributed by atoms with E-state index in [2.05, 4.69) is 5.32 Å². The quantitative estimate of drug-likeness (QED) is 0.667. The van der Waals surface area contributed by atoms with Gasteiger partial charge in [-0.15, -0.1) is 0 Å². The van der Waals surface area contributed by atoms with Crippen LogP contribution in [0.2, 0.25) is 0 Å². The van der Waals surface area contributed by atoms with Crippen molar-refractivity contribution < 1.29 is 14.6 Å². The Bertz CT molecular complexity index is 171. The molecule has 2 aliphatic heterocycles. The van der Waals surface area contributed by atoms with Gasteiger partial charge in [-0.3, -0.25) is 0 Å². The molecule has 4 nitrogen and oxygen atoms in total. The fraction of sp³-hybridized carbons (Fsp3) is 1.00. The van der Waals surface area contributed by atoms with Crippen molar-refractivity contribution in [3.63, 3.8) is 0 Å². The highest BCUT2D eigenvalue weighted by molar-refractivity contribution is 4.81. The van der Waals surface area contributed by atoms with E-state index in [1.54, 1.807) is 0 Å². The Morgan fingerprint density at radius 3 is 2.93 bits per heavy atom. The Kier molecular flexibility index (Phi) is 3.75. The minimum atomic E-state index is -0.334. The summed E-state index contributed by atoms with van der Waals surface area (Å²) in [4.78, 5) is 0. The largest absolute Gasteiger partial charge is 0.389 e. The molecule has 2 fully saturated rings. The molecule has 0 aromatic rings. The standard InChI is InChI=1S/C10H19NO3/c12-10-7-13-6-9(10)11-4-3-8-2-1-5-14-8/h8-12H,1-7H2. The highest BCUT2D eigenvalue weighted by Gasteiger charge is 2.25. The molecule has 0 amide bonds. The molecule has 3 atom stereocenters. The lowest BCUT2D eigenvalue weighted by atomic mass is 10.1. The summed E-state index contributed by atoms with van der Waals surface area (Å²) in [5.41, 5.74) is 0. The van der Waals surface area contributed by atoms with Crippen LogP contribution in [0.15, 0.2) is 0 Å². The van der Waals surface area contributed by atoms with Crippen LogP contribution in [0.3, 0.4) is 0 Å². The van der Waals surface area contributed by atoms with Gasteiger partial charge in [-0.2, -0.15) is 0 Å². The lowest BCUT2D eigenvalue weighted by Gasteiger charge is -2.16. The number of ether oxygens (including phenoxy) is 2. The van der Waals surface area contributed by atoms with Crippen molar-refractivity contribution >= 4 is 0 Å². The Hall–Kier alpha value is -0.160. The van der Waals surface area contributed by atoms with Crippen LogP contribution in [0.5, 0.6) is 0 Å². The van der Waals surface area contributed by atoms with Crippen molar-refractivity contribution in [1.82, 2.24) is 5.32 Å². The van der Waals surface area contributed by atoms with Crippen LogP contribution < -0.4 is 5.32 Å². The first-order valence-electron chi connectivity index (χ1n) is 5.47. The molecule has 2 aliphatic rings. The van der Waals surface area contributed by atoms with Crippen LogP contribution in [-0.4, -0.2) is 49.7 Å². The van der Waals surface area contributed by atoms with Gasteiger partial charge in [-0.05, 0) is 25.8 Å². The Labute approximate surface area is 84.6 Å². The summed E-state index contributed by atoms with van der Waals surface area (Å²) in [6, 6.07) is 0.122. The number of aliphatic hydroxyl groups is 1. The fourth-order valence-electron chi connectivity index (χ4n) is 2.04. The summed E-state index contributed by atoms with van der Waals surface area (Å²) in [6.07, 6.45) is 3.52. The monoisotopic (exact) mass is 201 g/mol. The maximum Gasteiger partial charge on any atom is 0.0948 e. The van der Waals surface area contributed by atoms with E-state index in [1.807, 2.05) is 0 Å². The van der Waals surface area contributed by atoms with Gasteiger partial charge in [-0.1, -0.05) is 0 Å². The topological polar surface area (TPSA) is 50.7 Å². The molecule has 2 N–H and O–H groups in total. The molecular weight excluding hydrogens is 182 g/mol. The Morgan fingerprint density at radius 1 is 1.36 bits per heavy atom. The average Bonchev–Trinajstić information content (AvgIpc) is 2.78. The lowest BCUT2D eigenvalue weighted by molar-refractivity contribution is 0.100. The molecule has 0 aromatic carbocycles. The first-order chi connectivity index (χ1) is 6.86. The van der Waals surface area contributed by atoms with Crippen LogP contribution in [0.25, 0.3) is 0 Å². The zero-order valence-corrected chi connectivity index (χ0v) is 8.45. The third-order valence-electron chi connectivity index (χ3n) is 2.95. The molecule has 82 valence electrons. The molecular formula is C10H19NO3. The maximum absolute atomic E-state index is 9.46. The highest BCUT2D eigenvalue weighted by Crippen LogP contribution is 2.14. The molecule has 0 bridgehead atoms. The minimum Gasteiger partial charge on any atom is -0.389 e. The van der Waals surface area contributed by atoms with E-state index in [0.717, 1.165) is 19.6 Å². The molecule has 0 radical (unpaired) electrons. The second-order valence-electron chi connectivity index (χ2n) is 4.09. The normalized spacial score (nSPS) is 37.9. The number of hydrogen-bond acceptors (Lipinski definition) is 4. The van der Waals surface area contributed by atoms with Gasteiger partial charge in [0.1, 0.15) is 0 Å². The van der Waals surface area contributed by atoms with Crippen molar-refractivity contribution in [3.05, 3.63) is 0 Å². The van der Waals surface area contributed by atoms with Crippen molar-refractivity contribution in [2.75, 3.05) is 26.4 Å². The fourth-order valence-corrected chi connectivity index (χ4v) is 2.04. The molecule has 0 aliphatic carbocycles. The van der Waals surface area contributed by atoms with E-state index < -0.39 is 0 Å². The average molecular weight is 201 g/mol. The predicted octanol–water partition coefficient (Wildman–Crippen LogP) is -0.0952. The highest BCUT2D eigenvalue weighted by atomic mass is 16.5. The van der Waals surface area contributed by atoms with Gasteiger partial charge in [-0.25, -0.2) is 0 Å². The molecule has 0 aromatic heterocycles. The van der Waals surface area contributed by atoms with Crippen molar-refractivity contribution in [2.45, 2.75) is 37.5 Å². The molecule has 2 heterocycles. The first kappa shape index (κ1) is 10.4. The third kappa shape index (κ3) is 2.67. The first-order valence-corrected chi connectivity index (χ1v) is 5.47. The van der Waals surface area contributed by atoms with Crippen molar-refractivity contribution in [1.29, 1.82) is 0 Å². The SMILES string of the molecule is OC1COCC1NCCC1CCCO1. The minimum absolute atomic E-state index is 0.122. The molecule has 4 heteroatoms. The van der Waals surface area contributed by atoms with Crippen LogP contribution in [0.1, 0.15) is 19.3 Å². The molecule has 2 rings (SSSR count). The summed E-state index contributed by atoms with van der Waals surface area (Å²) >= 11 is 0. The number of rotatable bonds is 4. The molecule has 0 saturated carbocycles. The smallest absolute Gasteiger partial charge is 0.0948 e. The number of nitrogens with one attached hydrogen (secondary N) is 1. The van der Waals surface area contributed by atoms with Gasteiger partial charge in [0, 0.05) is 6.61 Å². The van der Waals surface area contributed by atoms with Crippen LogP contribution in [-0.2, 0) is 9.47 Å². The summed E-state index contributed by atoms with van der Waals surface area (Å²) in [6.45, 7) is 2.93. The van der Waals surface area contributed by atoms with E-state index in [-0.39, 0.29) is 12.1 Å². The van der Waals surface area contributed by atoms with E-state index in [4.69, 9.17) is 9.47 Å². The Balaban J connectivity index is 1.57. The van der Waals surface area contributed by atoms with Gasteiger partial charge in [0.15, 0.2) is 0 Å². The van der Waals surface area contributed by atoms with Gasteiger partial charge in [0.05, 0.1) is 31.5 Å². The van der Waals surface area contributed by atoms with E-state index in [0.29, 0.717) is 19.3 Å². The summed E-state index contributed by atoms with van der Waals surface area (Å²) in [7, 11) is 0. The van der Waals surface area contributed by atoms with Gasteiger partial charge in [0.25, 0.3) is 0 Å². The Morgan fingerprint density at radius 2 is 2.29 bits per heavy atom.